The number of aryl methyl sites for hydroxylation is 2. The molecular formula is C72H53N5. The molecule has 5 heteroatoms. The van der Waals surface area contributed by atoms with E-state index in [-0.39, 0.29) is 0 Å². The van der Waals surface area contributed by atoms with Gasteiger partial charge < -0.3 is 14.4 Å². The monoisotopic (exact) mass is 987 g/mol. The highest BCUT2D eigenvalue weighted by molar-refractivity contribution is 6.12. The third kappa shape index (κ3) is 9.32. The normalized spacial score (nSPS) is 11.2. The van der Waals surface area contributed by atoms with Crippen LogP contribution in [-0.2, 0) is 0 Å². The van der Waals surface area contributed by atoms with Crippen LogP contribution in [0.5, 0.6) is 0 Å². The number of aromatic nitrogens is 3. The highest BCUT2D eigenvalue weighted by atomic mass is 15.1. The van der Waals surface area contributed by atoms with E-state index in [1.165, 1.54) is 21.9 Å². The molecule has 77 heavy (non-hydrogen) atoms. The van der Waals surface area contributed by atoms with Crippen LogP contribution in [0.1, 0.15) is 11.1 Å². The van der Waals surface area contributed by atoms with Gasteiger partial charge in [-0.1, -0.05) is 193 Å². The first-order valence-corrected chi connectivity index (χ1v) is 26.2. The molecule has 11 aromatic carbocycles. The van der Waals surface area contributed by atoms with Crippen molar-refractivity contribution in [2.75, 3.05) is 9.80 Å². The topological polar surface area (TPSA) is 37.2 Å². The molecule has 0 saturated carbocycles. The standard InChI is InChI=1S/C72H53N5/c1-50-23-37-61(38-24-50)75(59-19-11-5-12-20-59)64-43-45-70-66(47-64)67-48-65(76(60-21-13-6-14-22-60)62-39-25-51(2)26-40-62)44-46-71(67)77(70)63-41-35-55(36-42-63)53-29-27-52(28-30-53)54-31-33-57(34-32-54)69-49-68(56-15-7-3-8-16-56)73-72(74-69)58-17-9-4-10-18-58/h3-49H,1-2H3. The SMILES string of the molecule is Cc1ccc(N(c2ccccc2)c2ccc3c(c2)c2cc(N(c4ccccc4)c4ccc(C)cc4)ccc2n3-c2ccc(-c3ccc(-c4ccc(-c5cc(-c6ccccc6)nc(-c6ccccc6)n5)cc4)cc3)cc2)cc1. The molecular weight excluding hydrogens is 935 g/mol. The van der Waals surface area contributed by atoms with Crippen molar-refractivity contribution in [3.63, 3.8) is 0 Å². The van der Waals surface area contributed by atoms with E-state index in [9.17, 15) is 0 Å². The largest absolute Gasteiger partial charge is 0.310 e. The fourth-order valence-corrected chi connectivity index (χ4v) is 10.6. The molecule has 13 aromatic rings. The predicted octanol–water partition coefficient (Wildman–Crippen LogP) is 19.5. The first-order chi connectivity index (χ1) is 38.0. The van der Waals surface area contributed by atoms with Crippen molar-refractivity contribution in [1.82, 2.24) is 14.5 Å². The third-order valence-electron chi connectivity index (χ3n) is 14.5. The van der Waals surface area contributed by atoms with Crippen molar-refractivity contribution >= 4 is 55.9 Å². The minimum atomic E-state index is 0.710. The summed E-state index contributed by atoms with van der Waals surface area (Å²) in [7, 11) is 0. The fraction of sp³-hybridized carbons (Fsp3) is 0.0278. The second kappa shape index (κ2) is 20.3. The molecule has 0 fully saturated rings. The maximum absolute atomic E-state index is 5.05. The Morgan fingerprint density at radius 1 is 0.273 bits per heavy atom. The van der Waals surface area contributed by atoms with Crippen LogP contribution in [-0.4, -0.2) is 14.5 Å². The summed E-state index contributed by atoms with van der Waals surface area (Å²) in [5, 5.41) is 2.34. The molecule has 0 N–H and O–H groups in total. The molecule has 0 bridgehead atoms. The van der Waals surface area contributed by atoms with Gasteiger partial charge in [0.05, 0.1) is 22.4 Å². The van der Waals surface area contributed by atoms with Crippen LogP contribution in [0, 0.1) is 13.8 Å². The Hall–Kier alpha value is -10.1. The Labute approximate surface area is 449 Å². The second-order valence-corrected chi connectivity index (χ2v) is 19.6. The summed E-state index contributed by atoms with van der Waals surface area (Å²) in [6, 6.07) is 102. The number of para-hydroxylation sites is 2. The van der Waals surface area contributed by atoms with E-state index >= 15 is 0 Å². The van der Waals surface area contributed by atoms with Gasteiger partial charge in [0.25, 0.3) is 0 Å². The van der Waals surface area contributed by atoms with Gasteiger partial charge in [0.15, 0.2) is 5.82 Å². The highest BCUT2D eigenvalue weighted by Gasteiger charge is 2.21. The average Bonchev–Trinajstić information content (AvgIpc) is 3.91. The predicted molar refractivity (Wildman–Crippen MR) is 322 cm³/mol. The molecule has 0 aliphatic carbocycles. The van der Waals surface area contributed by atoms with Crippen molar-refractivity contribution in [3.8, 4) is 61.8 Å². The highest BCUT2D eigenvalue weighted by Crippen LogP contribution is 2.43. The summed E-state index contributed by atoms with van der Waals surface area (Å²) in [6.07, 6.45) is 0. The van der Waals surface area contributed by atoms with E-state index in [1.807, 2.05) is 36.4 Å². The summed E-state index contributed by atoms with van der Waals surface area (Å²) >= 11 is 0. The smallest absolute Gasteiger partial charge is 0.160 e. The Bertz CT molecular complexity index is 3950. The zero-order valence-electron chi connectivity index (χ0n) is 42.9. The van der Waals surface area contributed by atoms with E-state index in [0.29, 0.717) is 5.82 Å². The molecule has 13 rings (SSSR count). The number of hydrogen-bond acceptors (Lipinski definition) is 4. The van der Waals surface area contributed by atoms with Gasteiger partial charge in [-0.3, -0.25) is 0 Å². The number of fused-ring (bicyclic) bond motifs is 3. The molecule has 0 unspecified atom stereocenters. The number of anilines is 6. The molecule has 2 aromatic heterocycles. The van der Waals surface area contributed by atoms with Gasteiger partial charge in [0, 0.05) is 67.3 Å². The minimum absolute atomic E-state index is 0.710. The maximum Gasteiger partial charge on any atom is 0.160 e. The van der Waals surface area contributed by atoms with Gasteiger partial charge in [-0.15, -0.1) is 0 Å². The fourth-order valence-electron chi connectivity index (χ4n) is 10.6. The number of nitrogens with zero attached hydrogens (tertiary/aromatic N) is 5. The molecule has 0 aliphatic rings. The Morgan fingerprint density at radius 3 is 1.01 bits per heavy atom. The van der Waals surface area contributed by atoms with Gasteiger partial charge in [0.2, 0.25) is 0 Å². The number of hydrogen-bond donors (Lipinski definition) is 0. The molecule has 2 heterocycles. The maximum atomic E-state index is 5.05. The summed E-state index contributed by atoms with van der Waals surface area (Å²) in [6.45, 7) is 4.28. The van der Waals surface area contributed by atoms with E-state index in [1.54, 1.807) is 0 Å². The Morgan fingerprint density at radius 2 is 0.597 bits per heavy atom. The lowest BCUT2D eigenvalue weighted by Crippen LogP contribution is -2.10. The van der Waals surface area contributed by atoms with Gasteiger partial charge >= 0.3 is 0 Å². The zero-order valence-corrected chi connectivity index (χ0v) is 42.9. The summed E-state index contributed by atoms with van der Waals surface area (Å²) in [5.41, 5.74) is 21.9. The molecule has 0 atom stereocenters. The lowest BCUT2D eigenvalue weighted by molar-refractivity contribution is 1.18. The lowest BCUT2D eigenvalue weighted by Gasteiger charge is -2.26. The quantitative estimate of drug-likeness (QED) is 0.122. The summed E-state index contributed by atoms with van der Waals surface area (Å²) in [5.74, 6) is 0.710. The van der Waals surface area contributed by atoms with Crippen LogP contribution < -0.4 is 9.80 Å². The number of benzene rings is 11. The zero-order chi connectivity index (χ0) is 51.7. The van der Waals surface area contributed by atoms with Crippen molar-refractivity contribution in [2.24, 2.45) is 0 Å². The second-order valence-electron chi connectivity index (χ2n) is 19.6. The van der Waals surface area contributed by atoms with Crippen LogP contribution in [0.15, 0.2) is 285 Å². The van der Waals surface area contributed by atoms with Crippen molar-refractivity contribution in [3.05, 3.63) is 296 Å². The lowest BCUT2D eigenvalue weighted by atomic mass is 9.98. The molecule has 5 nitrogen and oxygen atoms in total. The van der Waals surface area contributed by atoms with Gasteiger partial charge in [-0.25, -0.2) is 9.97 Å². The molecule has 0 radical (unpaired) electrons. The molecule has 0 spiro atoms. The van der Waals surface area contributed by atoms with Crippen LogP contribution >= 0.6 is 0 Å². The molecule has 0 aliphatic heterocycles. The van der Waals surface area contributed by atoms with Crippen molar-refractivity contribution in [2.45, 2.75) is 13.8 Å². The minimum Gasteiger partial charge on any atom is -0.310 e. The van der Waals surface area contributed by atoms with E-state index in [4.69, 9.17) is 9.97 Å². The molecule has 0 amide bonds. The van der Waals surface area contributed by atoms with E-state index in [2.05, 4.69) is 277 Å². The molecule has 366 valence electrons. The van der Waals surface area contributed by atoms with E-state index < -0.39 is 0 Å². The van der Waals surface area contributed by atoms with E-state index in [0.717, 1.165) is 101 Å². The van der Waals surface area contributed by atoms with Crippen LogP contribution in [0.4, 0.5) is 34.1 Å². The first kappa shape index (κ1) is 46.7. The Balaban J connectivity index is 0.851. The van der Waals surface area contributed by atoms with Gasteiger partial charge in [0.1, 0.15) is 0 Å². The van der Waals surface area contributed by atoms with Crippen LogP contribution in [0.25, 0.3) is 83.6 Å². The van der Waals surface area contributed by atoms with Crippen LogP contribution in [0.2, 0.25) is 0 Å². The summed E-state index contributed by atoms with van der Waals surface area (Å²) in [4.78, 5) is 14.7. The molecule has 0 saturated heterocycles. The number of rotatable bonds is 12. The van der Waals surface area contributed by atoms with Gasteiger partial charge in [-0.2, -0.15) is 0 Å². The van der Waals surface area contributed by atoms with Crippen molar-refractivity contribution < 1.29 is 0 Å². The third-order valence-corrected chi connectivity index (χ3v) is 14.5. The first-order valence-electron chi connectivity index (χ1n) is 26.2. The Kier molecular flexibility index (Phi) is 12.3. The van der Waals surface area contributed by atoms with Crippen molar-refractivity contribution in [1.29, 1.82) is 0 Å². The van der Waals surface area contributed by atoms with Crippen LogP contribution in [0.3, 0.4) is 0 Å². The average molecular weight is 988 g/mol. The van der Waals surface area contributed by atoms with Gasteiger partial charge in [-0.05, 0) is 139 Å². The summed E-state index contributed by atoms with van der Waals surface area (Å²) < 4.78 is 2.42.